The molecule has 2 rings (SSSR count). The molecule has 6 heteroatoms. The van der Waals surface area contributed by atoms with E-state index in [1.54, 1.807) is 24.3 Å². The maximum absolute atomic E-state index is 11.4. The Morgan fingerprint density at radius 2 is 2.10 bits per heavy atom. The van der Waals surface area contributed by atoms with Gasteiger partial charge >= 0.3 is 0 Å². The molecule has 1 N–H and O–H groups in total. The van der Waals surface area contributed by atoms with Gasteiger partial charge in [-0.3, -0.25) is 4.79 Å². The third-order valence-electron chi connectivity index (χ3n) is 2.31. The van der Waals surface area contributed by atoms with E-state index in [0.29, 0.717) is 16.5 Å². The Hall–Kier alpha value is -2.04. The van der Waals surface area contributed by atoms with Crippen LogP contribution in [0.3, 0.4) is 0 Å². The molecule has 0 fully saturated rings. The largest absolute Gasteiger partial charge is 0.435 e. The number of pyridine rings is 1. The standard InChI is InChI=1S/C14H10Cl2N2O2/c1-2-13(19)18-11-5-3-4-6-12(11)20-14-10(16)7-9(15)8-17-14/h2-8H,1H2,(H,18,19). The molecule has 0 aliphatic carbocycles. The lowest BCUT2D eigenvalue weighted by Gasteiger charge is -2.11. The van der Waals surface area contributed by atoms with E-state index >= 15 is 0 Å². The molecule has 102 valence electrons. The number of carbonyl (C=O) groups excluding carboxylic acids is 1. The van der Waals surface area contributed by atoms with Crippen molar-refractivity contribution in [3.8, 4) is 11.6 Å². The van der Waals surface area contributed by atoms with Crippen LogP contribution < -0.4 is 10.1 Å². The topological polar surface area (TPSA) is 51.2 Å². The minimum Gasteiger partial charge on any atom is -0.435 e. The maximum atomic E-state index is 11.4. The van der Waals surface area contributed by atoms with Gasteiger partial charge in [-0.15, -0.1) is 0 Å². The van der Waals surface area contributed by atoms with Crippen LogP contribution in [0.25, 0.3) is 0 Å². The van der Waals surface area contributed by atoms with E-state index in [-0.39, 0.29) is 16.8 Å². The summed E-state index contributed by atoms with van der Waals surface area (Å²) >= 11 is 11.8. The minimum absolute atomic E-state index is 0.205. The second-order valence-electron chi connectivity index (χ2n) is 3.73. The van der Waals surface area contributed by atoms with Crippen molar-refractivity contribution in [2.75, 3.05) is 5.32 Å². The number of aromatic nitrogens is 1. The molecular formula is C14H10Cl2N2O2. The predicted molar refractivity (Wildman–Crippen MR) is 79.6 cm³/mol. The fourth-order valence-electron chi connectivity index (χ4n) is 1.42. The van der Waals surface area contributed by atoms with Gasteiger partial charge in [-0.1, -0.05) is 41.9 Å². The molecule has 0 atom stereocenters. The number of hydrogen-bond acceptors (Lipinski definition) is 3. The Balaban J connectivity index is 2.29. The first-order valence-corrected chi connectivity index (χ1v) is 6.37. The summed E-state index contributed by atoms with van der Waals surface area (Å²) in [6.45, 7) is 3.39. The zero-order valence-corrected chi connectivity index (χ0v) is 11.8. The zero-order valence-electron chi connectivity index (χ0n) is 10.3. The first-order valence-electron chi connectivity index (χ1n) is 5.61. The Morgan fingerprint density at radius 1 is 1.35 bits per heavy atom. The summed E-state index contributed by atoms with van der Waals surface area (Å²) in [4.78, 5) is 15.3. The third-order valence-corrected chi connectivity index (χ3v) is 2.79. The van der Waals surface area contributed by atoms with E-state index in [2.05, 4.69) is 16.9 Å². The Bertz CT molecular complexity index is 659. The van der Waals surface area contributed by atoms with Crippen LogP contribution in [0.1, 0.15) is 0 Å². The molecule has 0 aliphatic heterocycles. The molecule has 1 amide bonds. The zero-order chi connectivity index (χ0) is 14.5. The number of para-hydroxylation sites is 2. The van der Waals surface area contributed by atoms with Crippen molar-refractivity contribution in [3.63, 3.8) is 0 Å². The van der Waals surface area contributed by atoms with Gasteiger partial charge in [0.15, 0.2) is 5.75 Å². The summed E-state index contributed by atoms with van der Waals surface area (Å²) in [5.41, 5.74) is 0.491. The summed E-state index contributed by atoms with van der Waals surface area (Å²) in [6.07, 6.45) is 2.60. The molecule has 0 bridgehead atoms. The average molecular weight is 309 g/mol. The second-order valence-corrected chi connectivity index (χ2v) is 4.58. The van der Waals surface area contributed by atoms with E-state index in [0.717, 1.165) is 0 Å². The monoisotopic (exact) mass is 308 g/mol. The Labute approximate surface area is 126 Å². The summed E-state index contributed by atoms with van der Waals surface area (Å²) in [5, 5.41) is 3.32. The van der Waals surface area contributed by atoms with Crippen LogP contribution in [0, 0.1) is 0 Å². The molecule has 0 aliphatic rings. The van der Waals surface area contributed by atoms with Gasteiger partial charge in [0.25, 0.3) is 0 Å². The van der Waals surface area contributed by atoms with Crippen LogP contribution in [0.4, 0.5) is 5.69 Å². The normalized spacial score (nSPS) is 9.90. The van der Waals surface area contributed by atoms with Gasteiger partial charge in [-0.25, -0.2) is 4.98 Å². The average Bonchev–Trinajstić information content (AvgIpc) is 2.43. The van der Waals surface area contributed by atoms with Crippen molar-refractivity contribution in [2.24, 2.45) is 0 Å². The highest BCUT2D eigenvalue weighted by Crippen LogP contribution is 2.33. The predicted octanol–water partition coefficient (Wildman–Crippen LogP) is 4.31. The highest BCUT2D eigenvalue weighted by Gasteiger charge is 2.10. The van der Waals surface area contributed by atoms with Crippen LogP contribution in [0.2, 0.25) is 10.0 Å². The lowest BCUT2D eigenvalue weighted by molar-refractivity contribution is -0.111. The SMILES string of the molecule is C=CC(=O)Nc1ccccc1Oc1ncc(Cl)cc1Cl. The van der Waals surface area contributed by atoms with E-state index in [9.17, 15) is 4.79 Å². The molecule has 0 spiro atoms. The van der Waals surface area contributed by atoms with E-state index < -0.39 is 0 Å². The summed E-state index contributed by atoms with van der Waals surface area (Å²) in [5.74, 6) is 0.284. The number of benzene rings is 1. The molecule has 1 aromatic heterocycles. The lowest BCUT2D eigenvalue weighted by atomic mass is 10.3. The number of amides is 1. The molecule has 1 aromatic carbocycles. The maximum Gasteiger partial charge on any atom is 0.247 e. The molecule has 0 saturated carbocycles. The molecule has 4 nitrogen and oxygen atoms in total. The van der Waals surface area contributed by atoms with Gasteiger partial charge in [-0.05, 0) is 24.3 Å². The van der Waals surface area contributed by atoms with Crippen LogP contribution in [0.5, 0.6) is 11.6 Å². The fraction of sp³-hybridized carbons (Fsp3) is 0. The number of ether oxygens (including phenoxy) is 1. The van der Waals surface area contributed by atoms with Crippen molar-refractivity contribution in [2.45, 2.75) is 0 Å². The van der Waals surface area contributed by atoms with Crippen molar-refractivity contribution in [3.05, 3.63) is 59.2 Å². The van der Waals surface area contributed by atoms with E-state index in [4.69, 9.17) is 27.9 Å². The number of rotatable bonds is 4. The van der Waals surface area contributed by atoms with Gasteiger partial charge in [0.2, 0.25) is 11.8 Å². The summed E-state index contributed by atoms with van der Waals surface area (Å²) in [6, 6.07) is 8.44. The first kappa shape index (κ1) is 14.4. The van der Waals surface area contributed by atoms with Gasteiger partial charge in [0.1, 0.15) is 5.02 Å². The third kappa shape index (κ3) is 3.50. The quantitative estimate of drug-likeness (QED) is 0.856. The van der Waals surface area contributed by atoms with Crippen molar-refractivity contribution >= 4 is 34.8 Å². The van der Waals surface area contributed by atoms with E-state index in [1.807, 2.05) is 0 Å². The molecule has 20 heavy (non-hydrogen) atoms. The van der Waals surface area contributed by atoms with Gasteiger partial charge in [0.05, 0.1) is 10.7 Å². The number of halogens is 2. The molecule has 0 radical (unpaired) electrons. The van der Waals surface area contributed by atoms with Crippen molar-refractivity contribution < 1.29 is 9.53 Å². The number of anilines is 1. The Morgan fingerprint density at radius 3 is 2.80 bits per heavy atom. The van der Waals surface area contributed by atoms with Crippen LogP contribution >= 0.6 is 23.2 Å². The van der Waals surface area contributed by atoms with Crippen LogP contribution in [-0.2, 0) is 4.79 Å². The highest BCUT2D eigenvalue weighted by atomic mass is 35.5. The summed E-state index contributed by atoms with van der Waals surface area (Å²) in [7, 11) is 0. The first-order chi connectivity index (χ1) is 9.60. The fourth-order valence-corrected chi connectivity index (χ4v) is 1.84. The lowest BCUT2D eigenvalue weighted by Crippen LogP contribution is -2.08. The van der Waals surface area contributed by atoms with E-state index in [1.165, 1.54) is 18.3 Å². The van der Waals surface area contributed by atoms with Crippen LogP contribution in [-0.4, -0.2) is 10.9 Å². The molecular weight excluding hydrogens is 299 g/mol. The minimum atomic E-state index is -0.337. The number of nitrogens with zero attached hydrogens (tertiary/aromatic N) is 1. The second kappa shape index (κ2) is 6.41. The molecule has 1 heterocycles. The highest BCUT2D eigenvalue weighted by molar-refractivity contribution is 6.35. The number of carbonyl (C=O) groups is 1. The van der Waals surface area contributed by atoms with Gasteiger partial charge in [0, 0.05) is 6.20 Å². The van der Waals surface area contributed by atoms with Gasteiger partial charge in [-0.2, -0.15) is 0 Å². The molecule has 0 saturated heterocycles. The summed E-state index contributed by atoms with van der Waals surface area (Å²) < 4.78 is 5.59. The molecule has 2 aromatic rings. The Kier molecular flexibility index (Phi) is 4.61. The van der Waals surface area contributed by atoms with Crippen molar-refractivity contribution in [1.29, 1.82) is 0 Å². The number of hydrogen-bond donors (Lipinski definition) is 1. The van der Waals surface area contributed by atoms with Gasteiger partial charge < -0.3 is 10.1 Å². The number of nitrogens with one attached hydrogen (secondary N) is 1. The molecule has 0 unspecified atom stereocenters. The smallest absolute Gasteiger partial charge is 0.247 e. The van der Waals surface area contributed by atoms with Crippen LogP contribution in [0.15, 0.2) is 49.2 Å². The van der Waals surface area contributed by atoms with Crippen molar-refractivity contribution in [1.82, 2.24) is 4.98 Å².